The van der Waals surface area contributed by atoms with Gasteiger partial charge in [-0.1, -0.05) is 6.58 Å². The summed E-state index contributed by atoms with van der Waals surface area (Å²) in [5, 5.41) is 8.66. The van der Waals surface area contributed by atoms with Gasteiger partial charge in [-0.2, -0.15) is 0 Å². The van der Waals surface area contributed by atoms with Gasteiger partial charge in [0.25, 0.3) is 0 Å². The van der Waals surface area contributed by atoms with E-state index in [0.29, 0.717) is 19.6 Å². The normalized spacial score (nSPS) is 12.9. The van der Waals surface area contributed by atoms with E-state index < -0.39 is 5.97 Å². The van der Waals surface area contributed by atoms with Crippen LogP contribution in [0.1, 0.15) is 13.3 Å². The molecule has 1 N–H and O–H groups in total. The molecule has 0 aliphatic carbocycles. The Morgan fingerprint density at radius 1 is 1.57 bits per heavy atom. The molecule has 0 aromatic rings. The summed E-state index contributed by atoms with van der Waals surface area (Å²) in [5.41, 5.74) is 0.199. The average molecular weight is 201 g/mol. The molecule has 14 heavy (non-hydrogen) atoms. The van der Waals surface area contributed by atoms with Crippen LogP contribution in [-0.4, -0.2) is 49.3 Å². The zero-order valence-electron chi connectivity index (χ0n) is 9.12. The summed E-state index contributed by atoms with van der Waals surface area (Å²) in [4.78, 5) is 12.5. The van der Waals surface area contributed by atoms with Crippen molar-refractivity contribution in [3.8, 4) is 0 Å². The third-order valence-electron chi connectivity index (χ3n) is 1.75. The molecule has 0 amide bonds. The van der Waals surface area contributed by atoms with Crippen LogP contribution in [0, 0.1) is 0 Å². The van der Waals surface area contributed by atoms with E-state index in [4.69, 9.17) is 9.84 Å². The molecule has 0 aliphatic heterocycles. The highest BCUT2D eigenvalue weighted by Gasteiger charge is 2.14. The molecule has 0 heterocycles. The van der Waals surface area contributed by atoms with E-state index in [-0.39, 0.29) is 11.7 Å². The number of ether oxygens (including phenoxy) is 1. The van der Waals surface area contributed by atoms with Crippen molar-refractivity contribution in [1.29, 1.82) is 0 Å². The van der Waals surface area contributed by atoms with Crippen LogP contribution in [0.5, 0.6) is 0 Å². The fourth-order valence-electron chi connectivity index (χ4n) is 1.18. The lowest BCUT2D eigenvalue weighted by atomic mass is 10.1. The van der Waals surface area contributed by atoms with Crippen LogP contribution in [0.25, 0.3) is 0 Å². The van der Waals surface area contributed by atoms with Gasteiger partial charge in [-0.05, 0) is 21.0 Å². The Labute approximate surface area is 85.2 Å². The molecule has 0 rings (SSSR count). The Morgan fingerprint density at radius 3 is 2.50 bits per heavy atom. The van der Waals surface area contributed by atoms with Gasteiger partial charge in [0.15, 0.2) is 0 Å². The van der Waals surface area contributed by atoms with Gasteiger partial charge in [-0.25, -0.2) is 4.79 Å². The predicted octanol–water partition coefficient (Wildman–Crippen LogP) is 0.984. The average Bonchev–Trinajstić information content (AvgIpc) is 2.02. The summed E-state index contributed by atoms with van der Waals surface area (Å²) in [5.74, 6) is -0.951. The number of carbonyl (C=O) groups is 1. The van der Waals surface area contributed by atoms with Crippen LogP contribution < -0.4 is 0 Å². The lowest BCUT2D eigenvalue weighted by Gasteiger charge is -2.20. The fraction of sp³-hybridized carbons (Fsp3) is 0.700. The highest BCUT2D eigenvalue weighted by atomic mass is 16.5. The van der Waals surface area contributed by atoms with Crippen molar-refractivity contribution in [2.45, 2.75) is 19.4 Å². The Bertz CT molecular complexity index is 202. The maximum Gasteiger partial charge on any atom is 0.331 e. The summed E-state index contributed by atoms with van der Waals surface area (Å²) in [6.07, 6.45) is 0.292. The van der Waals surface area contributed by atoms with Gasteiger partial charge >= 0.3 is 5.97 Å². The van der Waals surface area contributed by atoms with E-state index in [0.717, 1.165) is 0 Å². The number of carboxylic acids is 1. The van der Waals surface area contributed by atoms with E-state index in [1.54, 1.807) is 0 Å². The van der Waals surface area contributed by atoms with Crippen LogP contribution in [0.15, 0.2) is 12.2 Å². The molecule has 82 valence electrons. The quantitative estimate of drug-likeness (QED) is 0.624. The number of likely N-dealkylation sites (N-methyl/N-ethyl adjacent to an activating group) is 1. The van der Waals surface area contributed by atoms with Crippen molar-refractivity contribution in [3.05, 3.63) is 12.2 Å². The minimum Gasteiger partial charge on any atom is -0.478 e. The lowest BCUT2D eigenvalue weighted by molar-refractivity contribution is -0.133. The summed E-state index contributed by atoms with van der Waals surface area (Å²) >= 11 is 0. The van der Waals surface area contributed by atoms with Crippen LogP contribution in [0.2, 0.25) is 0 Å². The predicted molar refractivity (Wildman–Crippen MR) is 55.4 cm³/mol. The second kappa shape index (κ2) is 6.56. The second-order valence-electron chi connectivity index (χ2n) is 3.45. The molecule has 1 atom stereocenters. The zero-order valence-corrected chi connectivity index (χ0v) is 9.12. The molecular formula is C10H19NO3. The summed E-state index contributed by atoms with van der Waals surface area (Å²) in [7, 11) is 3.85. The molecule has 1 unspecified atom stereocenters. The highest BCUT2D eigenvalue weighted by Crippen LogP contribution is 2.08. The molecule has 0 aromatic heterocycles. The Morgan fingerprint density at radius 2 is 2.14 bits per heavy atom. The molecule has 4 nitrogen and oxygen atoms in total. The first-order valence-electron chi connectivity index (χ1n) is 4.64. The van der Waals surface area contributed by atoms with Crippen molar-refractivity contribution in [2.75, 3.05) is 27.2 Å². The summed E-state index contributed by atoms with van der Waals surface area (Å²) < 4.78 is 5.41. The van der Waals surface area contributed by atoms with E-state index in [1.807, 2.05) is 25.9 Å². The Hall–Kier alpha value is -0.870. The van der Waals surface area contributed by atoms with Crippen LogP contribution in [-0.2, 0) is 9.53 Å². The van der Waals surface area contributed by atoms with Gasteiger partial charge in [-0.15, -0.1) is 0 Å². The first kappa shape index (κ1) is 13.1. The molecule has 0 aliphatic rings. The molecular weight excluding hydrogens is 182 g/mol. The second-order valence-corrected chi connectivity index (χ2v) is 3.45. The highest BCUT2D eigenvalue weighted by molar-refractivity contribution is 5.85. The van der Waals surface area contributed by atoms with Gasteiger partial charge in [0.1, 0.15) is 0 Å². The number of hydrogen-bond acceptors (Lipinski definition) is 3. The third-order valence-corrected chi connectivity index (χ3v) is 1.75. The maximum atomic E-state index is 10.6. The first-order chi connectivity index (χ1) is 6.47. The first-order valence-corrected chi connectivity index (χ1v) is 4.64. The van der Waals surface area contributed by atoms with Gasteiger partial charge < -0.3 is 14.7 Å². The third kappa shape index (κ3) is 5.72. The monoisotopic (exact) mass is 201 g/mol. The maximum absolute atomic E-state index is 10.6. The fourth-order valence-corrected chi connectivity index (χ4v) is 1.18. The van der Waals surface area contributed by atoms with Crippen molar-refractivity contribution in [2.24, 2.45) is 0 Å². The van der Waals surface area contributed by atoms with Gasteiger partial charge in [0.05, 0.1) is 6.10 Å². The summed E-state index contributed by atoms with van der Waals surface area (Å²) in [6, 6.07) is 0. The molecule has 0 bridgehead atoms. The Kier molecular flexibility index (Phi) is 6.16. The molecule has 0 saturated heterocycles. The molecule has 0 saturated carbocycles. The lowest BCUT2D eigenvalue weighted by Crippen LogP contribution is -2.29. The SMILES string of the molecule is C=C(CC(CN(C)C)OCC)C(=O)O. The molecule has 0 fully saturated rings. The van der Waals surface area contributed by atoms with Crippen molar-refractivity contribution < 1.29 is 14.6 Å². The van der Waals surface area contributed by atoms with Crippen LogP contribution >= 0.6 is 0 Å². The zero-order chi connectivity index (χ0) is 11.1. The number of nitrogens with zero attached hydrogens (tertiary/aromatic N) is 1. The van der Waals surface area contributed by atoms with Gasteiger partial charge in [-0.3, -0.25) is 0 Å². The minimum atomic E-state index is -0.951. The number of hydrogen-bond donors (Lipinski definition) is 1. The van der Waals surface area contributed by atoms with Gasteiger partial charge in [0.2, 0.25) is 0 Å². The van der Waals surface area contributed by atoms with E-state index >= 15 is 0 Å². The van der Waals surface area contributed by atoms with E-state index in [9.17, 15) is 4.79 Å². The topological polar surface area (TPSA) is 49.8 Å². The van der Waals surface area contributed by atoms with Crippen LogP contribution in [0.3, 0.4) is 0 Å². The smallest absolute Gasteiger partial charge is 0.331 e. The largest absolute Gasteiger partial charge is 0.478 e. The standard InChI is InChI=1S/C10H19NO3/c1-5-14-9(7-11(3)4)6-8(2)10(12)13/h9H,2,5-7H2,1,3-4H3,(H,12,13). The van der Waals surface area contributed by atoms with Crippen molar-refractivity contribution >= 4 is 5.97 Å². The number of aliphatic carboxylic acids is 1. The van der Waals surface area contributed by atoms with Crippen molar-refractivity contribution in [1.82, 2.24) is 4.90 Å². The Balaban J connectivity index is 4.08. The van der Waals surface area contributed by atoms with Crippen LogP contribution in [0.4, 0.5) is 0 Å². The number of carboxylic acid groups (broad SMARTS) is 1. The molecule has 0 aromatic carbocycles. The van der Waals surface area contributed by atoms with Gasteiger partial charge in [0, 0.05) is 25.1 Å². The van der Waals surface area contributed by atoms with Crippen molar-refractivity contribution in [3.63, 3.8) is 0 Å². The number of rotatable bonds is 7. The van der Waals surface area contributed by atoms with E-state index in [1.165, 1.54) is 0 Å². The molecule has 0 radical (unpaired) electrons. The molecule has 4 heteroatoms. The summed E-state index contributed by atoms with van der Waals surface area (Å²) in [6.45, 7) is 6.68. The van der Waals surface area contributed by atoms with E-state index in [2.05, 4.69) is 6.58 Å². The molecule has 0 spiro atoms. The minimum absolute atomic E-state index is 0.0846.